The first kappa shape index (κ1) is 14.2. The van der Waals surface area contributed by atoms with Gasteiger partial charge in [0.25, 0.3) is 0 Å². The number of ether oxygens (including phenoxy) is 1. The molecule has 0 aliphatic carbocycles. The number of amides is 1. The number of fused-ring (bicyclic) bond motifs is 4. The fraction of sp³-hybridized carbons (Fsp3) is 0.368. The van der Waals surface area contributed by atoms with Gasteiger partial charge in [-0.2, -0.15) is 0 Å². The molecule has 0 N–H and O–H groups in total. The standard InChI is InChI=1S/C19H20N2O2/c1-2-3-6-11-21-16-8-5-4-7-14(16)19(18(21)22)13-23-17-9-10-20-12-15(17)19/h4-5,7-10,12H,2-3,6,11,13H2,1H3. The van der Waals surface area contributed by atoms with Crippen molar-refractivity contribution >= 4 is 11.6 Å². The van der Waals surface area contributed by atoms with Gasteiger partial charge in [-0.3, -0.25) is 9.78 Å². The van der Waals surface area contributed by atoms with Gasteiger partial charge in [0.05, 0.1) is 0 Å². The van der Waals surface area contributed by atoms with E-state index in [4.69, 9.17) is 4.74 Å². The van der Waals surface area contributed by atoms with E-state index in [9.17, 15) is 4.79 Å². The summed E-state index contributed by atoms with van der Waals surface area (Å²) in [5, 5.41) is 0. The van der Waals surface area contributed by atoms with Crippen molar-refractivity contribution in [3.63, 3.8) is 0 Å². The zero-order valence-electron chi connectivity index (χ0n) is 13.3. The summed E-state index contributed by atoms with van der Waals surface area (Å²) < 4.78 is 5.85. The minimum atomic E-state index is -0.716. The van der Waals surface area contributed by atoms with Crippen LogP contribution in [0.2, 0.25) is 0 Å². The molecule has 2 aliphatic heterocycles. The highest BCUT2D eigenvalue weighted by molar-refractivity contribution is 6.11. The molecule has 4 nitrogen and oxygen atoms in total. The van der Waals surface area contributed by atoms with Gasteiger partial charge in [0.15, 0.2) is 0 Å². The van der Waals surface area contributed by atoms with Crippen LogP contribution in [0.4, 0.5) is 5.69 Å². The highest BCUT2D eigenvalue weighted by Gasteiger charge is 2.56. The van der Waals surface area contributed by atoms with E-state index in [1.54, 1.807) is 12.4 Å². The Labute approximate surface area is 136 Å². The molecule has 1 aromatic heterocycles. The van der Waals surface area contributed by atoms with E-state index in [1.807, 2.05) is 29.2 Å². The minimum Gasteiger partial charge on any atom is -0.491 e. The molecule has 1 spiro atoms. The van der Waals surface area contributed by atoms with Crippen molar-refractivity contribution in [1.29, 1.82) is 0 Å². The number of unbranched alkanes of at least 4 members (excludes halogenated alkanes) is 2. The molecule has 0 saturated carbocycles. The number of carbonyl (C=O) groups excluding carboxylic acids is 1. The SMILES string of the molecule is CCCCCN1C(=O)C2(COc3ccncc32)c2ccccc21. The largest absolute Gasteiger partial charge is 0.491 e. The van der Waals surface area contributed by atoms with E-state index in [0.717, 1.165) is 48.4 Å². The van der Waals surface area contributed by atoms with E-state index in [2.05, 4.69) is 18.0 Å². The van der Waals surface area contributed by atoms with Crippen molar-refractivity contribution in [3.8, 4) is 5.75 Å². The Morgan fingerprint density at radius 1 is 1.22 bits per heavy atom. The molecule has 1 amide bonds. The summed E-state index contributed by atoms with van der Waals surface area (Å²) >= 11 is 0. The van der Waals surface area contributed by atoms with Crippen molar-refractivity contribution in [2.75, 3.05) is 18.1 Å². The number of rotatable bonds is 4. The maximum Gasteiger partial charge on any atom is 0.245 e. The fourth-order valence-electron chi connectivity index (χ4n) is 3.76. The molecule has 118 valence electrons. The zero-order chi connectivity index (χ0) is 15.9. The van der Waals surface area contributed by atoms with Gasteiger partial charge in [0.2, 0.25) is 5.91 Å². The third kappa shape index (κ3) is 1.90. The number of aromatic nitrogens is 1. The van der Waals surface area contributed by atoms with Gasteiger partial charge in [-0.25, -0.2) is 0 Å². The Bertz CT molecular complexity index is 759. The van der Waals surface area contributed by atoms with E-state index in [1.165, 1.54) is 0 Å². The Kier molecular flexibility index (Phi) is 3.33. The van der Waals surface area contributed by atoms with Gasteiger partial charge in [0, 0.05) is 30.2 Å². The molecule has 0 saturated heterocycles. The Hall–Kier alpha value is -2.36. The molecule has 2 aliphatic rings. The van der Waals surface area contributed by atoms with Crippen LogP contribution >= 0.6 is 0 Å². The maximum atomic E-state index is 13.4. The van der Waals surface area contributed by atoms with Crippen molar-refractivity contribution < 1.29 is 9.53 Å². The summed E-state index contributed by atoms with van der Waals surface area (Å²) in [4.78, 5) is 19.5. The van der Waals surface area contributed by atoms with Crippen molar-refractivity contribution in [1.82, 2.24) is 4.98 Å². The number of carbonyl (C=O) groups is 1. The van der Waals surface area contributed by atoms with E-state index >= 15 is 0 Å². The second-order valence-corrected chi connectivity index (χ2v) is 6.25. The second-order valence-electron chi connectivity index (χ2n) is 6.25. The monoisotopic (exact) mass is 308 g/mol. The smallest absolute Gasteiger partial charge is 0.245 e. The summed E-state index contributed by atoms with van der Waals surface area (Å²) in [6.45, 7) is 3.31. The molecule has 3 heterocycles. The molecule has 1 atom stereocenters. The third-order valence-electron chi connectivity index (χ3n) is 4.94. The number of anilines is 1. The molecule has 0 radical (unpaired) electrons. The lowest BCUT2D eigenvalue weighted by molar-refractivity contribution is -0.122. The van der Waals surface area contributed by atoms with Crippen LogP contribution in [-0.4, -0.2) is 24.0 Å². The summed E-state index contributed by atoms with van der Waals surface area (Å²) in [5.74, 6) is 0.903. The van der Waals surface area contributed by atoms with Crippen LogP contribution in [0.15, 0.2) is 42.7 Å². The molecule has 0 bridgehead atoms. The number of hydrogen-bond acceptors (Lipinski definition) is 3. The van der Waals surface area contributed by atoms with E-state index < -0.39 is 5.41 Å². The van der Waals surface area contributed by atoms with Crippen LogP contribution in [0.1, 0.15) is 37.3 Å². The van der Waals surface area contributed by atoms with Gasteiger partial charge >= 0.3 is 0 Å². The highest BCUT2D eigenvalue weighted by atomic mass is 16.5. The molecule has 0 fully saturated rings. The van der Waals surface area contributed by atoms with Crippen LogP contribution in [0.3, 0.4) is 0 Å². The fourth-order valence-corrected chi connectivity index (χ4v) is 3.76. The first-order valence-electron chi connectivity index (χ1n) is 8.28. The molecule has 2 aromatic rings. The van der Waals surface area contributed by atoms with Crippen LogP contribution in [0, 0.1) is 0 Å². The lowest BCUT2D eigenvalue weighted by Crippen LogP contribution is -2.42. The number of benzene rings is 1. The highest BCUT2D eigenvalue weighted by Crippen LogP contribution is 2.51. The number of pyridine rings is 1. The number of para-hydroxylation sites is 1. The Morgan fingerprint density at radius 3 is 2.96 bits per heavy atom. The Balaban J connectivity index is 1.82. The van der Waals surface area contributed by atoms with Crippen molar-refractivity contribution in [2.24, 2.45) is 0 Å². The molecule has 4 heteroatoms. The molecule has 1 unspecified atom stereocenters. The first-order valence-corrected chi connectivity index (χ1v) is 8.28. The van der Waals surface area contributed by atoms with E-state index in [0.29, 0.717) is 6.61 Å². The predicted molar refractivity (Wildman–Crippen MR) is 88.8 cm³/mol. The number of nitrogens with zero attached hydrogens (tertiary/aromatic N) is 2. The lowest BCUT2D eigenvalue weighted by atomic mass is 9.78. The summed E-state index contributed by atoms with van der Waals surface area (Å²) in [6, 6.07) is 9.94. The topological polar surface area (TPSA) is 42.4 Å². The average Bonchev–Trinajstić information content (AvgIpc) is 3.09. The predicted octanol–water partition coefficient (Wildman–Crippen LogP) is 3.30. The molecule has 1 aromatic carbocycles. The van der Waals surface area contributed by atoms with E-state index in [-0.39, 0.29) is 5.91 Å². The molecule has 23 heavy (non-hydrogen) atoms. The molecular weight excluding hydrogens is 288 g/mol. The van der Waals surface area contributed by atoms with Gasteiger partial charge in [-0.05, 0) is 24.1 Å². The van der Waals surface area contributed by atoms with Gasteiger partial charge in [-0.1, -0.05) is 38.0 Å². The molecular formula is C19H20N2O2. The van der Waals surface area contributed by atoms with Crippen LogP contribution in [-0.2, 0) is 10.2 Å². The van der Waals surface area contributed by atoms with Crippen LogP contribution < -0.4 is 9.64 Å². The average molecular weight is 308 g/mol. The summed E-state index contributed by atoms with van der Waals surface area (Å²) in [5.41, 5.74) is 2.25. The van der Waals surface area contributed by atoms with Crippen LogP contribution in [0.25, 0.3) is 0 Å². The summed E-state index contributed by atoms with van der Waals surface area (Å²) in [6.07, 6.45) is 6.79. The van der Waals surface area contributed by atoms with Gasteiger partial charge in [0.1, 0.15) is 17.8 Å². The minimum absolute atomic E-state index is 0.126. The lowest BCUT2D eigenvalue weighted by Gasteiger charge is -2.22. The van der Waals surface area contributed by atoms with Crippen molar-refractivity contribution in [2.45, 2.75) is 31.6 Å². The normalized spacial score (nSPS) is 21.4. The quantitative estimate of drug-likeness (QED) is 0.814. The number of hydrogen-bond donors (Lipinski definition) is 0. The van der Waals surface area contributed by atoms with Crippen LogP contribution in [0.5, 0.6) is 5.75 Å². The second kappa shape index (κ2) is 5.37. The third-order valence-corrected chi connectivity index (χ3v) is 4.94. The Morgan fingerprint density at radius 2 is 2.09 bits per heavy atom. The van der Waals surface area contributed by atoms with Gasteiger partial charge in [-0.15, -0.1) is 0 Å². The zero-order valence-corrected chi connectivity index (χ0v) is 13.3. The summed E-state index contributed by atoms with van der Waals surface area (Å²) in [7, 11) is 0. The van der Waals surface area contributed by atoms with Gasteiger partial charge < -0.3 is 9.64 Å². The molecule has 4 rings (SSSR count). The maximum absolute atomic E-state index is 13.4. The van der Waals surface area contributed by atoms with Crippen molar-refractivity contribution in [3.05, 3.63) is 53.9 Å². The first-order chi connectivity index (χ1) is 11.3.